The Labute approximate surface area is 50.3 Å². The maximum atomic E-state index is 7.80. The van der Waals surface area contributed by atoms with Crippen molar-refractivity contribution in [2.24, 2.45) is 0 Å². The normalized spacial score (nSPS) is 5.60. The average molecular weight is 254 g/mol. The summed E-state index contributed by atoms with van der Waals surface area (Å²) >= 11 is 2.57. The third-order valence-corrected chi connectivity index (χ3v) is 7.00. The number of rotatable bonds is 1. The van der Waals surface area contributed by atoms with E-state index in [1.165, 1.54) is 8.59 Å². The molecule has 0 rings (SSSR count). The molecule has 0 bridgehead atoms. The van der Waals surface area contributed by atoms with E-state index in [4.69, 9.17) is 5.26 Å². The number of halogens is 1. The monoisotopic (exact) mass is 253 g/mol. The molecule has 0 unspecified atom stereocenters. The molecule has 0 fully saturated rings. The Hall–Kier alpha value is 1.19. The predicted molar refractivity (Wildman–Crippen MR) is 29.3 cm³/mol. The molecule has 0 spiro atoms. The van der Waals surface area contributed by atoms with E-state index in [0.717, 1.165) is 0 Å². The standard InChI is InChI=1S/CHNS.BrH.In.H/c2-1-3;;;/h3H;1H;;/q;;+2;/p-2. The fourth-order valence-electron chi connectivity index (χ4n) is 0.0244. The molecule has 0 saturated heterocycles. The summed E-state index contributed by atoms with van der Waals surface area (Å²) < 4.78 is 0. The van der Waals surface area contributed by atoms with E-state index in [-0.39, 0.29) is 0 Å². The van der Waals surface area contributed by atoms with Crippen LogP contribution in [0.15, 0.2) is 0 Å². The summed E-state index contributed by atoms with van der Waals surface area (Å²) in [6, 6.07) is 0. The first-order valence-electron chi connectivity index (χ1n) is 0.984. The molecule has 1 nitrogen and oxygen atoms in total. The SMILES string of the molecule is N#C[S][InH][Br]. The third kappa shape index (κ3) is 5.19. The Kier molecular flexibility index (Phi) is 6.43. The van der Waals surface area contributed by atoms with Gasteiger partial charge in [-0.1, -0.05) is 0 Å². The molecule has 0 aromatic heterocycles. The molecule has 26 valence electrons. The second-order valence-corrected chi connectivity index (χ2v) is 14.6. The molecule has 0 N–H and O–H groups in total. The minimum atomic E-state index is -0.694. The predicted octanol–water partition coefficient (Wildman–Crippen LogP) is 0.862. The fraction of sp³-hybridized carbons (Fsp3) is 0. The molecule has 0 aromatic carbocycles. The van der Waals surface area contributed by atoms with Crippen LogP contribution in [0.25, 0.3) is 0 Å². The van der Waals surface area contributed by atoms with Crippen LogP contribution in [0.3, 0.4) is 0 Å². The molecule has 0 radical (unpaired) electrons. The molecular weight excluding hydrogens is 253 g/mol. The van der Waals surface area contributed by atoms with Crippen LogP contribution in [0.2, 0.25) is 0 Å². The van der Waals surface area contributed by atoms with Gasteiger partial charge in [-0.25, -0.2) is 0 Å². The number of hydrogen-bond acceptors (Lipinski definition) is 2. The van der Waals surface area contributed by atoms with Crippen LogP contribution in [-0.2, 0) is 0 Å². The Bertz CT molecular complexity index is 50.1. The summed E-state index contributed by atoms with van der Waals surface area (Å²) in [4.78, 5) is 0. The minimum absolute atomic E-state index is 0.694. The number of thiocyanates is 1. The van der Waals surface area contributed by atoms with Crippen molar-refractivity contribution in [3.8, 4) is 5.40 Å². The Morgan fingerprint density at radius 3 is 2.60 bits per heavy atom. The van der Waals surface area contributed by atoms with Crippen LogP contribution < -0.4 is 0 Å². The van der Waals surface area contributed by atoms with Crippen molar-refractivity contribution in [1.29, 1.82) is 5.26 Å². The molecule has 0 aliphatic carbocycles. The van der Waals surface area contributed by atoms with E-state index in [1.807, 2.05) is 5.40 Å². The first kappa shape index (κ1) is 6.19. The van der Waals surface area contributed by atoms with Crippen LogP contribution in [0.4, 0.5) is 0 Å². The second kappa shape index (κ2) is 5.19. The number of nitrogens with zero attached hydrogens (tertiary/aromatic N) is 1. The molecular formula is CHBrInNS. The van der Waals surface area contributed by atoms with Gasteiger partial charge in [0.05, 0.1) is 0 Å². The van der Waals surface area contributed by atoms with Gasteiger partial charge in [0, 0.05) is 0 Å². The molecule has 4 heteroatoms. The average Bonchev–Trinajstić information content (AvgIpc) is 1.41. The van der Waals surface area contributed by atoms with Crippen LogP contribution in [-0.4, -0.2) is 19.1 Å². The van der Waals surface area contributed by atoms with Gasteiger partial charge < -0.3 is 0 Å². The van der Waals surface area contributed by atoms with Crippen molar-refractivity contribution in [3.63, 3.8) is 0 Å². The molecule has 5 heavy (non-hydrogen) atoms. The quantitative estimate of drug-likeness (QED) is 0.648. The van der Waals surface area contributed by atoms with E-state index in [1.54, 1.807) is 0 Å². The topological polar surface area (TPSA) is 23.8 Å². The van der Waals surface area contributed by atoms with Crippen molar-refractivity contribution in [2.75, 3.05) is 0 Å². The Morgan fingerprint density at radius 1 is 2.00 bits per heavy atom. The summed E-state index contributed by atoms with van der Waals surface area (Å²) in [5.74, 6) is 0. The molecule has 0 aliphatic heterocycles. The summed E-state index contributed by atoms with van der Waals surface area (Å²) in [5.41, 5.74) is 0. The summed E-state index contributed by atoms with van der Waals surface area (Å²) in [6.45, 7) is 0. The first-order valence-corrected chi connectivity index (χ1v) is 16.0. The Balaban J connectivity index is 2.48. The molecule has 0 aliphatic rings. The van der Waals surface area contributed by atoms with Crippen molar-refractivity contribution in [3.05, 3.63) is 0 Å². The zero-order valence-corrected chi connectivity index (χ0v) is 8.88. The van der Waals surface area contributed by atoms with Crippen LogP contribution in [0, 0.1) is 10.7 Å². The van der Waals surface area contributed by atoms with Crippen molar-refractivity contribution >= 4 is 40.0 Å². The molecule has 0 amide bonds. The Morgan fingerprint density at radius 2 is 2.60 bits per heavy atom. The van der Waals surface area contributed by atoms with Gasteiger partial charge in [-0.2, -0.15) is 0 Å². The molecule has 0 heterocycles. The zero-order chi connectivity index (χ0) is 4.12. The summed E-state index contributed by atoms with van der Waals surface area (Å²) in [7, 11) is 1.40. The number of hydrogen-bond donors (Lipinski definition) is 0. The van der Waals surface area contributed by atoms with Gasteiger partial charge in [0.1, 0.15) is 0 Å². The second-order valence-electron chi connectivity index (χ2n) is 0.345. The van der Waals surface area contributed by atoms with Gasteiger partial charge in [0.25, 0.3) is 0 Å². The van der Waals surface area contributed by atoms with Gasteiger partial charge in [0.2, 0.25) is 0 Å². The van der Waals surface area contributed by atoms with Gasteiger partial charge in [-0.3, -0.25) is 0 Å². The van der Waals surface area contributed by atoms with Gasteiger partial charge in [-0.05, 0) is 0 Å². The van der Waals surface area contributed by atoms with Gasteiger partial charge in [0.15, 0.2) is 0 Å². The van der Waals surface area contributed by atoms with Gasteiger partial charge in [-0.15, -0.1) is 0 Å². The van der Waals surface area contributed by atoms with Crippen LogP contribution >= 0.6 is 20.9 Å². The zero-order valence-electron chi connectivity index (χ0n) is 2.44. The first-order chi connectivity index (χ1) is 2.41. The summed E-state index contributed by atoms with van der Waals surface area (Å²) in [6.07, 6.45) is 0. The van der Waals surface area contributed by atoms with Crippen molar-refractivity contribution in [2.45, 2.75) is 0 Å². The van der Waals surface area contributed by atoms with Gasteiger partial charge >= 0.3 is 50.7 Å². The van der Waals surface area contributed by atoms with Crippen LogP contribution in [0.5, 0.6) is 0 Å². The molecule has 0 saturated carbocycles. The van der Waals surface area contributed by atoms with E-state index in [0.29, 0.717) is 0 Å². The van der Waals surface area contributed by atoms with E-state index >= 15 is 0 Å². The van der Waals surface area contributed by atoms with Crippen LogP contribution in [0.1, 0.15) is 0 Å². The van der Waals surface area contributed by atoms with E-state index < -0.39 is 19.1 Å². The third-order valence-electron chi connectivity index (χ3n) is 0.119. The van der Waals surface area contributed by atoms with E-state index in [2.05, 4.69) is 12.3 Å². The van der Waals surface area contributed by atoms with Crippen molar-refractivity contribution in [1.82, 2.24) is 0 Å². The molecule has 0 aromatic rings. The van der Waals surface area contributed by atoms with Crippen molar-refractivity contribution < 1.29 is 0 Å². The summed E-state index contributed by atoms with van der Waals surface area (Å²) in [5, 5.41) is 9.78. The molecule has 0 atom stereocenters. The number of nitriles is 1. The van der Waals surface area contributed by atoms with E-state index in [9.17, 15) is 0 Å². The fourth-order valence-corrected chi connectivity index (χ4v) is 2.55. The maximum absolute atomic E-state index is 7.80.